The van der Waals surface area contributed by atoms with Gasteiger partial charge in [-0.2, -0.15) is 14.0 Å². The first kappa shape index (κ1) is 28.9. The maximum Gasteiger partial charge on any atom is 0.349 e. The van der Waals surface area contributed by atoms with Crippen LogP contribution in [0.25, 0.3) is 0 Å². The molecule has 0 spiro atoms. The molecule has 12 heteroatoms. The van der Waals surface area contributed by atoms with E-state index in [0.29, 0.717) is 23.5 Å². The van der Waals surface area contributed by atoms with E-state index in [-0.39, 0.29) is 23.0 Å². The third kappa shape index (κ3) is 5.92. The predicted molar refractivity (Wildman–Crippen MR) is 140 cm³/mol. The normalized spacial score (nSPS) is 13.9. The molecule has 0 aromatic heterocycles. The van der Waals surface area contributed by atoms with Gasteiger partial charge in [-0.15, -0.1) is 0 Å². The van der Waals surface area contributed by atoms with Crippen LogP contribution in [-0.4, -0.2) is 12.6 Å². The zero-order valence-corrected chi connectivity index (χ0v) is 21.9. The third-order valence-corrected chi connectivity index (χ3v) is 6.37. The SMILES string of the molecule is N#CC1=C(N)Oc2cc(OC(=O)COc3c(F)c(F)c(F)c(F)c3F)ccc2C1c1cccc(OCc2ccccc2)c1. The number of carbonyl (C=O) groups excluding carboxylic acids is 1. The van der Waals surface area contributed by atoms with E-state index in [9.17, 15) is 32.0 Å². The van der Waals surface area contributed by atoms with Crippen molar-refractivity contribution >= 4 is 5.97 Å². The molecule has 2 N–H and O–H groups in total. The van der Waals surface area contributed by atoms with Crippen LogP contribution in [0.5, 0.6) is 23.0 Å². The maximum absolute atomic E-state index is 13.8. The molecule has 1 aliphatic rings. The van der Waals surface area contributed by atoms with Gasteiger partial charge < -0.3 is 24.7 Å². The molecule has 0 saturated carbocycles. The Labute approximate surface area is 241 Å². The first-order valence-corrected chi connectivity index (χ1v) is 12.5. The summed E-state index contributed by atoms with van der Waals surface area (Å²) in [4.78, 5) is 12.3. The Morgan fingerprint density at radius 1 is 0.837 bits per heavy atom. The molecule has 43 heavy (non-hydrogen) atoms. The summed E-state index contributed by atoms with van der Waals surface area (Å²) in [5.74, 6) is -14.4. The topological polar surface area (TPSA) is 104 Å². The number of benzene rings is 4. The number of nitriles is 1. The molecule has 4 aromatic rings. The number of nitrogens with two attached hydrogens (primary N) is 1. The van der Waals surface area contributed by atoms with Gasteiger partial charge in [0.15, 0.2) is 12.4 Å². The van der Waals surface area contributed by atoms with Gasteiger partial charge in [0.1, 0.15) is 35.5 Å². The molecule has 7 nitrogen and oxygen atoms in total. The second-order valence-electron chi connectivity index (χ2n) is 9.13. The highest BCUT2D eigenvalue weighted by Gasteiger charge is 2.32. The van der Waals surface area contributed by atoms with E-state index in [2.05, 4.69) is 10.8 Å². The number of carbonyl (C=O) groups is 1. The van der Waals surface area contributed by atoms with E-state index < -0.39 is 53.3 Å². The quantitative estimate of drug-likeness (QED) is 0.0857. The summed E-state index contributed by atoms with van der Waals surface area (Å²) >= 11 is 0. The minimum Gasteiger partial charge on any atom is -0.489 e. The van der Waals surface area contributed by atoms with Crippen LogP contribution in [0.3, 0.4) is 0 Å². The summed E-state index contributed by atoms with van der Waals surface area (Å²) in [5.41, 5.74) is 8.31. The standard InChI is InChI=1S/C31H19F5N2O5/c32-25-26(33)28(35)30(29(36)27(25)34)41-15-23(39)42-19-9-10-20-22(12-19)43-31(38)21(13-37)24(20)17-7-4-8-18(11-17)40-14-16-5-2-1-3-6-16/h1-12,24H,14-15,38H2. The summed E-state index contributed by atoms with van der Waals surface area (Å²) in [6.45, 7) is -0.865. The lowest BCUT2D eigenvalue weighted by Gasteiger charge is -2.27. The molecule has 4 aromatic carbocycles. The largest absolute Gasteiger partial charge is 0.489 e. The molecule has 0 aliphatic carbocycles. The molecule has 1 unspecified atom stereocenters. The number of allylic oxidation sites excluding steroid dienone is 1. The number of hydrogen-bond donors (Lipinski definition) is 1. The average Bonchev–Trinajstić information content (AvgIpc) is 3.01. The van der Waals surface area contributed by atoms with E-state index in [1.54, 1.807) is 24.3 Å². The number of esters is 1. The molecular formula is C31H19F5N2O5. The fourth-order valence-corrected chi connectivity index (χ4v) is 4.37. The Morgan fingerprint density at radius 2 is 1.53 bits per heavy atom. The Hall–Kier alpha value is -5.57. The lowest BCUT2D eigenvalue weighted by Crippen LogP contribution is -2.22. The number of rotatable bonds is 8. The Kier molecular flexibility index (Phi) is 8.16. The van der Waals surface area contributed by atoms with Crippen molar-refractivity contribution in [3.05, 3.63) is 130 Å². The molecule has 1 aliphatic heterocycles. The third-order valence-electron chi connectivity index (χ3n) is 6.37. The molecule has 0 bridgehead atoms. The van der Waals surface area contributed by atoms with Gasteiger partial charge >= 0.3 is 5.97 Å². The van der Waals surface area contributed by atoms with E-state index in [1.165, 1.54) is 18.2 Å². The molecule has 1 atom stereocenters. The summed E-state index contributed by atoms with van der Waals surface area (Å²) in [6.07, 6.45) is 0. The summed E-state index contributed by atoms with van der Waals surface area (Å²) < 4.78 is 88.8. The van der Waals surface area contributed by atoms with E-state index in [0.717, 1.165) is 5.56 Å². The van der Waals surface area contributed by atoms with Crippen molar-refractivity contribution in [2.45, 2.75) is 12.5 Å². The van der Waals surface area contributed by atoms with Crippen LogP contribution >= 0.6 is 0 Å². The predicted octanol–water partition coefficient (Wildman–Crippen LogP) is 6.16. The maximum atomic E-state index is 13.8. The van der Waals surface area contributed by atoms with E-state index >= 15 is 0 Å². The second kappa shape index (κ2) is 12.1. The lowest BCUT2D eigenvalue weighted by atomic mass is 9.83. The highest BCUT2D eigenvalue weighted by Crippen LogP contribution is 2.44. The van der Waals surface area contributed by atoms with Gasteiger partial charge in [0.05, 0.1) is 5.92 Å². The zero-order chi connectivity index (χ0) is 30.7. The molecule has 0 fully saturated rings. The van der Waals surface area contributed by atoms with Crippen molar-refractivity contribution in [2.75, 3.05) is 6.61 Å². The van der Waals surface area contributed by atoms with Crippen LogP contribution in [0.4, 0.5) is 22.0 Å². The van der Waals surface area contributed by atoms with Crippen LogP contribution in [0, 0.1) is 40.4 Å². The van der Waals surface area contributed by atoms with Gasteiger partial charge in [0.2, 0.25) is 35.0 Å². The van der Waals surface area contributed by atoms with E-state index in [1.807, 2.05) is 30.3 Å². The van der Waals surface area contributed by atoms with Crippen molar-refractivity contribution < 1.29 is 45.7 Å². The van der Waals surface area contributed by atoms with Crippen molar-refractivity contribution in [3.8, 4) is 29.1 Å². The minimum atomic E-state index is -2.36. The molecule has 0 saturated heterocycles. The van der Waals surface area contributed by atoms with Gasteiger partial charge in [-0.05, 0) is 29.3 Å². The van der Waals surface area contributed by atoms with Crippen LogP contribution in [0.15, 0.2) is 84.3 Å². The van der Waals surface area contributed by atoms with Gasteiger partial charge in [-0.25, -0.2) is 18.0 Å². The molecule has 0 radical (unpaired) electrons. The lowest BCUT2D eigenvalue weighted by molar-refractivity contribution is -0.136. The molecule has 0 amide bonds. The van der Waals surface area contributed by atoms with Gasteiger partial charge in [0, 0.05) is 11.6 Å². The molecule has 5 rings (SSSR count). The van der Waals surface area contributed by atoms with Crippen LogP contribution in [0.2, 0.25) is 0 Å². The Bertz CT molecular complexity index is 1760. The summed E-state index contributed by atoms with van der Waals surface area (Å²) in [5, 5.41) is 9.85. The molecular weight excluding hydrogens is 575 g/mol. The van der Waals surface area contributed by atoms with Crippen molar-refractivity contribution in [3.63, 3.8) is 0 Å². The first-order valence-electron chi connectivity index (χ1n) is 12.5. The monoisotopic (exact) mass is 594 g/mol. The number of halogens is 5. The van der Waals surface area contributed by atoms with Crippen LogP contribution in [0.1, 0.15) is 22.6 Å². The van der Waals surface area contributed by atoms with Gasteiger partial charge in [-0.1, -0.05) is 48.5 Å². The number of ether oxygens (including phenoxy) is 4. The minimum absolute atomic E-state index is 0.114. The van der Waals surface area contributed by atoms with Crippen molar-refractivity contribution in [2.24, 2.45) is 5.73 Å². The Balaban J connectivity index is 1.34. The summed E-state index contributed by atoms with van der Waals surface area (Å²) in [7, 11) is 0. The number of hydrogen-bond acceptors (Lipinski definition) is 7. The van der Waals surface area contributed by atoms with Crippen molar-refractivity contribution in [1.29, 1.82) is 5.26 Å². The van der Waals surface area contributed by atoms with E-state index in [4.69, 9.17) is 19.9 Å². The molecule has 218 valence electrons. The average molecular weight is 594 g/mol. The fraction of sp³-hybridized carbons (Fsp3) is 0.0968. The number of nitrogens with zero attached hydrogens (tertiary/aromatic N) is 1. The second-order valence-corrected chi connectivity index (χ2v) is 9.13. The van der Waals surface area contributed by atoms with Crippen molar-refractivity contribution in [1.82, 2.24) is 0 Å². The van der Waals surface area contributed by atoms with Crippen LogP contribution < -0.4 is 24.7 Å². The molecule has 1 heterocycles. The Morgan fingerprint density at radius 3 is 2.23 bits per heavy atom. The van der Waals surface area contributed by atoms with Crippen LogP contribution in [-0.2, 0) is 11.4 Å². The fourth-order valence-electron chi connectivity index (χ4n) is 4.37. The first-order chi connectivity index (χ1) is 20.7. The zero-order valence-electron chi connectivity index (χ0n) is 21.9. The highest BCUT2D eigenvalue weighted by molar-refractivity contribution is 5.74. The van der Waals surface area contributed by atoms with Gasteiger partial charge in [0.25, 0.3) is 0 Å². The number of fused-ring (bicyclic) bond motifs is 1. The summed E-state index contributed by atoms with van der Waals surface area (Å²) in [6, 6.07) is 22.8. The van der Waals surface area contributed by atoms with Gasteiger partial charge in [-0.3, -0.25) is 0 Å². The highest BCUT2D eigenvalue weighted by atomic mass is 19.2. The smallest absolute Gasteiger partial charge is 0.349 e.